The predicted molar refractivity (Wildman–Crippen MR) is 49.4 cm³/mol. The van der Waals surface area contributed by atoms with E-state index in [9.17, 15) is 4.79 Å². The second-order valence-electron chi connectivity index (χ2n) is 2.23. The molecule has 1 aromatic rings. The summed E-state index contributed by atoms with van der Waals surface area (Å²) in [4.78, 5) is 11.5. The van der Waals surface area contributed by atoms with E-state index in [-0.39, 0.29) is 0 Å². The Balaban J connectivity index is 3.16. The van der Waals surface area contributed by atoms with Crippen molar-refractivity contribution in [3.05, 3.63) is 23.8 Å². The maximum atomic E-state index is 11.1. The average molecular weight is 183 g/mol. The van der Waals surface area contributed by atoms with Gasteiger partial charge in [0, 0.05) is 10.6 Å². The quantitative estimate of drug-likeness (QED) is 0.392. The van der Waals surface area contributed by atoms with Crippen LogP contribution >= 0.6 is 12.6 Å². The van der Waals surface area contributed by atoms with E-state index in [4.69, 9.17) is 5.73 Å². The minimum absolute atomic E-state index is 0.390. The number of carbonyl (C=O) groups is 1. The Morgan fingerprint density at radius 3 is 2.83 bits per heavy atom. The van der Waals surface area contributed by atoms with Gasteiger partial charge in [-0.05, 0) is 12.1 Å². The molecule has 1 rings (SSSR count). The fourth-order valence-corrected chi connectivity index (χ4v) is 1.08. The van der Waals surface area contributed by atoms with E-state index in [2.05, 4.69) is 17.4 Å². The molecule has 0 aliphatic heterocycles. The highest BCUT2D eigenvalue weighted by molar-refractivity contribution is 7.80. The van der Waals surface area contributed by atoms with E-state index in [1.165, 1.54) is 7.11 Å². The van der Waals surface area contributed by atoms with Crippen LogP contribution in [-0.2, 0) is 4.74 Å². The molecule has 0 unspecified atom stereocenters. The molecule has 0 aliphatic rings. The van der Waals surface area contributed by atoms with Crippen LogP contribution in [0.25, 0.3) is 0 Å². The van der Waals surface area contributed by atoms with Gasteiger partial charge in [0.25, 0.3) is 0 Å². The van der Waals surface area contributed by atoms with Crippen LogP contribution in [0.2, 0.25) is 0 Å². The predicted octanol–water partition coefficient (Wildman–Crippen LogP) is 1.34. The highest BCUT2D eigenvalue weighted by Crippen LogP contribution is 2.21. The maximum absolute atomic E-state index is 11.1. The van der Waals surface area contributed by atoms with Gasteiger partial charge >= 0.3 is 5.97 Å². The SMILES string of the molecule is COC(=O)c1cccc(N)c1S. The van der Waals surface area contributed by atoms with Gasteiger partial charge in [0.05, 0.1) is 12.7 Å². The zero-order valence-corrected chi connectivity index (χ0v) is 7.47. The standard InChI is InChI=1S/C8H9NO2S/c1-11-8(10)5-3-2-4-6(9)7(5)12/h2-4,12H,9H2,1H3. The maximum Gasteiger partial charge on any atom is 0.339 e. The second kappa shape index (κ2) is 3.49. The van der Waals surface area contributed by atoms with Gasteiger partial charge in [-0.1, -0.05) is 6.07 Å². The second-order valence-corrected chi connectivity index (χ2v) is 2.68. The molecule has 0 bridgehead atoms. The highest BCUT2D eigenvalue weighted by Gasteiger charge is 2.10. The summed E-state index contributed by atoms with van der Waals surface area (Å²) in [5.41, 5.74) is 6.39. The molecule has 0 radical (unpaired) electrons. The lowest BCUT2D eigenvalue weighted by molar-refractivity contribution is 0.0597. The fraction of sp³-hybridized carbons (Fsp3) is 0.125. The number of ether oxygens (including phenoxy) is 1. The van der Waals surface area contributed by atoms with Crippen LogP contribution in [0.1, 0.15) is 10.4 Å². The van der Waals surface area contributed by atoms with Crippen molar-refractivity contribution in [1.29, 1.82) is 0 Å². The molecule has 0 saturated heterocycles. The van der Waals surface area contributed by atoms with Crippen molar-refractivity contribution in [2.24, 2.45) is 0 Å². The topological polar surface area (TPSA) is 52.3 Å². The van der Waals surface area contributed by atoms with E-state index in [0.717, 1.165) is 0 Å². The molecule has 4 heteroatoms. The molecular formula is C8H9NO2S. The molecular weight excluding hydrogens is 174 g/mol. The van der Waals surface area contributed by atoms with Crippen LogP contribution in [0.4, 0.5) is 5.69 Å². The monoisotopic (exact) mass is 183 g/mol. The van der Waals surface area contributed by atoms with Gasteiger partial charge in [-0.3, -0.25) is 0 Å². The molecule has 2 N–H and O–H groups in total. The van der Waals surface area contributed by atoms with Gasteiger partial charge in [0.2, 0.25) is 0 Å². The molecule has 0 atom stereocenters. The molecule has 0 fully saturated rings. The van der Waals surface area contributed by atoms with Crippen LogP contribution in [0.15, 0.2) is 23.1 Å². The Labute approximate surface area is 75.9 Å². The summed E-state index contributed by atoms with van der Waals surface area (Å²) in [7, 11) is 1.32. The van der Waals surface area contributed by atoms with Crippen molar-refractivity contribution < 1.29 is 9.53 Å². The summed E-state index contributed by atoms with van der Waals surface area (Å²) in [5, 5.41) is 0. The third-order valence-electron chi connectivity index (χ3n) is 1.47. The van der Waals surface area contributed by atoms with Gasteiger partial charge in [-0.2, -0.15) is 0 Å². The molecule has 0 spiro atoms. The number of anilines is 1. The number of nitrogen functional groups attached to an aromatic ring is 1. The van der Waals surface area contributed by atoms with E-state index in [0.29, 0.717) is 16.1 Å². The van der Waals surface area contributed by atoms with Gasteiger partial charge in [0.15, 0.2) is 0 Å². The van der Waals surface area contributed by atoms with Crippen LogP contribution in [0.5, 0.6) is 0 Å². The summed E-state index contributed by atoms with van der Waals surface area (Å²) in [6, 6.07) is 4.97. The normalized spacial score (nSPS) is 9.50. The zero-order valence-electron chi connectivity index (χ0n) is 6.57. The third kappa shape index (κ3) is 1.53. The van der Waals surface area contributed by atoms with Crippen molar-refractivity contribution in [3.63, 3.8) is 0 Å². The lowest BCUT2D eigenvalue weighted by Crippen LogP contribution is -2.03. The molecule has 64 valence electrons. The molecule has 0 saturated carbocycles. The Kier molecular flexibility index (Phi) is 2.60. The first-order chi connectivity index (χ1) is 5.66. The van der Waals surface area contributed by atoms with Gasteiger partial charge in [-0.15, -0.1) is 12.6 Å². The van der Waals surface area contributed by atoms with Crippen LogP contribution < -0.4 is 5.73 Å². The first-order valence-corrected chi connectivity index (χ1v) is 3.77. The Bertz CT molecular complexity index is 312. The van der Waals surface area contributed by atoms with E-state index < -0.39 is 5.97 Å². The molecule has 3 nitrogen and oxygen atoms in total. The van der Waals surface area contributed by atoms with Crippen molar-refractivity contribution in [1.82, 2.24) is 0 Å². The zero-order chi connectivity index (χ0) is 9.14. The van der Waals surface area contributed by atoms with Crippen LogP contribution in [-0.4, -0.2) is 13.1 Å². The van der Waals surface area contributed by atoms with Crippen molar-refractivity contribution in [2.45, 2.75) is 4.90 Å². The van der Waals surface area contributed by atoms with E-state index in [1.807, 2.05) is 0 Å². The van der Waals surface area contributed by atoms with Gasteiger partial charge in [0.1, 0.15) is 0 Å². The largest absolute Gasteiger partial charge is 0.465 e. The van der Waals surface area contributed by atoms with E-state index >= 15 is 0 Å². The summed E-state index contributed by atoms with van der Waals surface area (Å²) >= 11 is 4.08. The van der Waals surface area contributed by atoms with Crippen LogP contribution in [0, 0.1) is 0 Å². The Morgan fingerprint density at radius 1 is 1.58 bits per heavy atom. The number of esters is 1. The van der Waals surface area contributed by atoms with Gasteiger partial charge < -0.3 is 10.5 Å². The number of benzene rings is 1. The minimum atomic E-state index is -0.424. The molecule has 0 aromatic heterocycles. The summed E-state index contributed by atoms with van der Waals surface area (Å²) in [6.07, 6.45) is 0. The molecule has 0 amide bonds. The highest BCUT2D eigenvalue weighted by atomic mass is 32.1. The van der Waals surface area contributed by atoms with Crippen molar-refractivity contribution in [3.8, 4) is 0 Å². The Hall–Kier alpha value is -1.16. The number of rotatable bonds is 1. The number of thiol groups is 1. The van der Waals surface area contributed by atoms with E-state index in [1.54, 1.807) is 18.2 Å². The van der Waals surface area contributed by atoms with Crippen molar-refractivity contribution >= 4 is 24.3 Å². The molecule has 12 heavy (non-hydrogen) atoms. The lowest BCUT2D eigenvalue weighted by atomic mass is 10.2. The van der Waals surface area contributed by atoms with Crippen molar-refractivity contribution in [2.75, 3.05) is 12.8 Å². The first-order valence-electron chi connectivity index (χ1n) is 3.32. The van der Waals surface area contributed by atoms with Crippen LogP contribution in [0.3, 0.4) is 0 Å². The smallest absolute Gasteiger partial charge is 0.339 e. The first kappa shape index (κ1) is 8.93. The lowest BCUT2D eigenvalue weighted by Gasteiger charge is -2.04. The van der Waals surface area contributed by atoms with Gasteiger partial charge in [-0.25, -0.2) is 4.79 Å². The number of hydrogen-bond acceptors (Lipinski definition) is 4. The average Bonchev–Trinajstić information content (AvgIpc) is 2.08. The Morgan fingerprint density at radius 2 is 2.25 bits per heavy atom. The number of hydrogen-bond donors (Lipinski definition) is 2. The summed E-state index contributed by atoms with van der Waals surface area (Å²) in [6.45, 7) is 0. The number of methoxy groups -OCH3 is 1. The summed E-state index contributed by atoms with van der Waals surface area (Å²) in [5.74, 6) is -0.424. The number of nitrogens with two attached hydrogens (primary N) is 1. The molecule has 0 heterocycles. The molecule has 0 aliphatic carbocycles. The number of carbonyl (C=O) groups excluding carboxylic acids is 1. The minimum Gasteiger partial charge on any atom is -0.465 e. The molecule has 1 aromatic carbocycles. The fourth-order valence-electron chi connectivity index (χ4n) is 0.836. The third-order valence-corrected chi connectivity index (χ3v) is 1.97. The summed E-state index contributed by atoms with van der Waals surface area (Å²) < 4.78 is 4.53.